The number of anilines is 1. The van der Waals surface area contributed by atoms with Gasteiger partial charge in [-0.3, -0.25) is 4.98 Å². The van der Waals surface area contributed by atoms with Crippen LogP contribution in [0.4, 0.5) is 5.69 Å². The van der Waals surface area contributed by atoms with E-state index in [9.17, 15) is 0 Å². The fourth-order valence-corrected chi connectivity index (χ4v) is 2.13. The van der Waals surface area contributed by atoms with Crippen LogP contribution in [0.5, 0.6) is 0 Å². The van der Waals surface area contributed by atoms with E-state index >= 15 is 0 Å². The molecule has 0 saturated heterocycles. The van der Waals surface area contributed by atoms with Crippen molar-refractivity contribution in [1.29, 1.82) is 0 Å². The average molecular weight is 252 g/mol. The van der Waals surface area contributed by atoms with E-state index in [1.807, 2.05) is 43.1 Å². The molecule has 0 bridgehead atoms. The predicted molar refractivity (Wildman–Crippen MR) is 77.0 cm³/mol. The van der Waals surface area contributed by atoms with E-state index in [0.717, 1.165) is 28.1 Å². The van der Waals surface area contributed by atoms with Crippen molar-refractivity contribution in [1.82, 2.24) is 14.5 Å². The second kappa shape index (κ2) is 4.72. The molecule has 3 rings (SSSR count). The number of aryl methyl sites for hydroxylation is 2. The van der Waals surface area contributed by atoms with Gasteiger partial charge in [0.2, 0.25) is 0 Å². The summed E-state index contributed by atoms with van der Waals surface area (Å²) in [4.78, 5) is 8.92. The molecule has 0 saturated carbocycles. The summed E-state index contributed by atoms with van der Waals surface area (Å²) in [6.45, 7) is 2.70. The topological polar surface area (TPSA) is 42.7 Å². The lowest BCUT2D eigenvalue weighted by atomic mass is 10.1. The maximum absolute atomic E-state index is 4.61. The van der Waals surface area contributed by atoms with Crippen molar-refractivity contribution in [3.8, 4) is 0 Å². The lowest BCUT2D eigenvalue weighted by molar-refractivity contribution is 0.813. The van der Waals surface area contributed by atoms with Crippen LogP contribution in [-0.4, -0.2) is 14.5 Å². The van der Waals surface area contributed by atoms with Crippen molar-refractivity contribution in [3.63, 3.8) is 0 Å². The SMILES string of the molecule is Cc1ccc2cccc(NCc3nccn3C)c2n1. The molecule has 0 aliphatic heterocycles. The monoisotopic (exact) mass is 252 g/mol. The third-order valence-electron chi connectivity index (χ3n) is 3.22. The van der Waals surface area contributed by atoms with Gasteiger partial charge in [0.25, 0.3) is 0 Å². The molecule has 2 heterocycles. The van der Waals surface area contributed by atoms with Gasteiger partial charge in [-0.15, -0.1) is 0 Å². The largest absolute Gasteiger partial charge is 0.376 e. The van der Waals surface area contributed by atoms with E-state index in [1.54, 1.807) is 0 Å². The summed E-state index contributed by atoms with van der Waals surface area (Å²) in [7, 11) is 2.00. The Balaban J connectivity index is 1.92. The van der Waals surface area contributed by atoms with E-state index in [1.165, 1.54) is 0 Å². The molecule has 2 aromatic heterocycles. The second-order valence-electron chi connectivity index (χ2n) is 4.64. The molecule has 0 unspecified atom stereocenters. The third-order valence-corrected chi connectivity index (χ3v) is 3.22. The minimum Gasteiger partial charge on any atom is -0.376 e. The van der Waals surface area contributed by atoms with Crippen LogP contribution in [-0.2, 0) is 13.6 Å². The highest BCUT2D eigenvalue weighted by atomic mass is 15.1. The standard InChI is InChI=1S/C15H16N4/c1-11-6-7-12-4-3-5-13(15(12)18-11)17-10-14-16-8-9-19(14)2/h3-9,17H,10H2,1-2H3. The summed E-state index contributed by atoms with van der Waals surface area (Å²) in [5.74, 6) is 1.00. The Morgan fingerprint density at radius 2 is 2.11 bits per heavy atom. The minimum atomic E-state index is 0.693. The number of fused-ring (bicyclic) bond motifs is 1. The van der Waals surface area contributed by atoms with Gasteiger partial charge in [-0.05, 0) is 19.1 Å². The summed E-state index contributed by atoms with van der Waals surface area (Å²) in [6.07, 6.45) is 3.75. The molecule has 0 spiro atoms. The first-order valence-corrected chi connectivity index (χ1v) is 6.30. The number of pyridine rings is 1. The molecule has 0 aliphatic rings. The van der Waals surface area contributed by atoms with Gasteiger partial charge in [0.1, 0.15) is 5.82 Å². The zero-order valence-electron chi connectivity index (χ0n) is 11.1. The summed E-state index contributed by atoms with van der Waals surface area (Å²) in [5, 5.41) is 4.56. The number of aromatic nitrogens is 3. The van der Waals surface area contributed by atoms with Crippen LogP contribution < -0.4 is 5.32 Å². The normalized spacial score (nSPS) is 10.8. The van der Waals surface area contributed by atoms with Gasteiger partial charge >= 0.3 is 0 Å². The van der Waals surface area contributed by atoms with Gasteiger partial charge in [-0.25, -0.2) is 4.98 Å². The Labute approximate surface area is 112 Å². The number of imidazole rings is 1. The summed E-state index contributed by atoms with van der Waals surface area (Å²) in [5.41, 5.74) is 3.08. The van der Waals surface area contributed by atoms with Crippen LogP contribution in [0.15, 0.2) is 42.7 Å². The highest BCUT2D eigenvalue weighted by Crippen LogP contribution is 2.22. The van der Waals surface area contributed by atoms with Crippen LogP contribution in [0.1, 0.15) is 11.5 Å². The van der Waals surface area contributed by atoms with Crippen molar-refractivity contribution >= 4 is 16.6 Å². The molecule has 96 valence electrons. The number of para-hydroxylation sites is 1. The Morgan fingerprint density at radius 1 is 1.21 bits per heavy atom. The van der Waals surface area contributed by atoms with Crippen LogP contribution in [0.2, 0.25) is 0 Å². The van der Waals surface area contributed by atoms with Crippen molar-refractivity contribution < 1.29 is 0 Å². The molecular weight excluding hydrogens is 236 g/mol. The quantitative estimate of drug-likeness (QED) is 0.779. The number of rotatable bonds is 3. The van der Waals surface area contributed by atoms with Crippen molar-refractivity contribution in [2.24, 2.45) is 7.05 Å². The first-order valence-electron chi connectivity index (χ1n) is 6.30. The molecular formula is C15H16N4. The van der Waals surface area contributed by atoms with Crippen molar-refractivity contribution in [3.05, 3.63) is 54.2 Å². The predicted octanol–water partition coefficient (Wildman–Crippen LogP) is 2.89. The summed E-state index contributed by atoms with van der Waals surface area (Å²) in [6, 6.07) is 10.3. The molecule has 1 N–H and O–H groups in total. The molecule has 4 nitrogen and oxygen atoms in total. The molecule has 0 amide bonds. The molecule has 0 aliphatic carbocycles. The van der Waals surface area contributed by atoms with Crippen LogP contribution in [0.3, 0.4) is 0 Å². The zero-order chi connectivity index (χ0) is 13.2. The van der Waals surface area contributed by atoms with Gasteiger partial charge in [0.05, 0.1) is 17.7 Å². The fourth-order valence-electron chi connectivity index (χ4n) is 2.13. The molecule has 0 radical (unpaired) electrons. The Hall–Kier alpha value is -2.36. The Kier molecular flexibility index (Phi) is 2.91. The lowest BCUT2D eigenvalue weighted by Gasteiger charge is -2.09. The maximum atomic E-state index is 4.61. The lowest BCUT2D eigenvalue weighted by Crippen LogP contribution is -2.06. The highest BCUT2D eigenvalue weighted by molar-refractivity contribution is 5.90. The zero-order valence-corrected chi connectivity index (χ0v) is 11.1. The second-order valence-corrected chi connectivity index (χ2v) is 4.64. The van der Waals surface area contributed by atoms with Crippen LogP contribution >= 0.6 is 0 Å². The Bertz CT molecular complexity index is 715. The van der Waals surface area contributed by atoms with Crippen molar-refractivity contribution in [2.75, 3.05) is 5.32 Å². The third kappa shape index (κ3) is 2.29. The van der Waals surface area contributed by atoms with Gasteiger partial charge < -0.3 is 9.88 Å². The highest BCUT2D eigenvalue weighted by Gasteiger charge is 2.04. The number of nitrogens with one attached hydrogen (secondary N) is 1. The number of hydrogen-bond donors (Lipinski definition) is 1. The number of benzene rings is 1. The average Bonchev–Trinajstić information content (AvgIpc) is 2.82. The first kappa shape index (κ1) is 11.7. The summed E-state index contributed by atoms with van der Waals surface area (Å²) < 4.78 is 2.01. The molecule has 19 heavy (non-hydrogen) atoms. The fraction of sp³-hybridized carbons (Fsp3) is 0.200. The number of hydrogen-bond acceptors (Lipinski definition) is 3. The van der Waals surface area contributed by atoms with Gasteiger partial charge in [-0.2, -0.15) is 0 Å². The van der Waals surface area contributed by atoms with Gasteiger partial charge in [0, 0.05) is 30.5 Å². The van der Waals surface area contributed by atoms with E-state index in [2.05, 4.69) is 33.5 Å². The van der Waals surface area contributed by atoms with E-state index in [4.69, 9.17) is 0 Å². The van der Waals surface area contributed by atoms with Crippen LogP contribution in [0, 0.1) is 6.92 Å². The molecule has 3 aromatic rings. The first-order chi connectivity index (χ1) is 9.24. The van der Waals surface area contributed by atoms with Crippen molar-refractivity contribution in [2.45, 2.75) is 13.5 Å². The van der Waals surface area contributed by atoms with E-state index in [0.29, 0.717) is 6.54 Å². The minimum absolute atomic E-state index is 0.693. The van der Waals surface area contributed by atoms with E-state index in [-0.39, 0.29) is 0 Å². The van der Waals surface area contributed by atoms with Gasteiger partial charge in [0.15, 0.2) is 0 Å². The molecule has 4 heteroatoms. The summed E-state index contributed by atoms with van der Waals surface area (Å²) >= 11 is 0. The molecule has 0 atom stereocenters. The van der Waals surface area contributed by atoms with Crippen LogP contribution in [0.25, 0.3) is 10.9 Å². The van der Waals surface area contributed by atoms with Gasteiger partial charge in [-0.1, -0.05) is 18.2 Å². The smallest absolute Gasteiger partial charge is 0.127 e. The maximum Gasteiger partial charge on any atom is 0.127 e. The molecule has 0 fully saturated rings. The Morgan fingerprint density at radius 3 is 2.89 bits per heavy atom. The van der Waals surface area contributed by atoms with E-state index < -0.39 is 0 Å². The molecule has 1 aromatic carbocycles. The number of nitrogens with zero attached hydrogens (tertiary/aromatic N) is 3.